The summed E-state index contributed by atoms with van der Waals surface area (Å²) >= 11 is 0.865. The molecule has 0 aliphatic heterocycles. The minimum atomic E-state index is -0.734. The number of rotatable bonds is 6. The smallest absolute Gasteiger partial charge is 0.348 e. The van der Waals surface area contributed by atoms with Crippen LogP contribution in [0.15, 0.2) is 42.6 Å². The number of fused-ring (bicyclic) bond motifs is 1. The van der Waals surface area contributed by atoms with Gasteiger partial charge in [0.1, 0.15) is 22.0 Å². The highest BCUT2D eigenvalue weighted by molar-refractivity contribution is 7.18. The fourth-order valence-electron chi connectivity index (χ4n) is 2.82. The Morgan fingerprint density at radius 2 is 1.83 bits per heavy atom. The zero-order chi connectivity index (χ0) is 21.7. The van der Waals surface area contributed by atoms with Gasteiger partial charge in [0.2, 0.25) is 0 Å². The largest absolute Gasteiger partial charge is 0.465 e. The van der Waals surface area contributed by atoms with Crippen LogP contribution < -0.4 is 5.73 Å². The van der Waals surface area contributed by atoms with E-state index in [2.05, 4.69) is 4.98 Å². The average molecular weight is 426 g/mol. The Labute approximate surface area is 175 Å². The number of pyridine rings is 1. The van der Waals surface area contributed by atoms with E-state index in [-0.39, 0.29) is 27.6 Å². The van der Waals surface area contributed by atoms with E-state index in [4.69, 9.17) is 19.9 Å². The van der Waals surface area contributed by atoms with Crippen molar-refractivity contribution >= 4 is 51.2 Å². The maximum atomic E-state index is 12.2. The predicted octanol–water partition coefficient (Wildman–Crippen LogP) is 3.21. The molecule has 154 valence electrons. The first-order valence-corrected chi connectivity index (χ1v) is 9.54. The molecule has 0 aliphatic rings. The molecule has 2 heterocycles. The van der Waals surface area contributed by atoms with Crippen LogP contribution in [0.25, 0.3) is 17.0 Å². The Balaban J connectivity index is 1.81. The molecule has 2 aromatic heterocycles. The summed E-state index contributed by atoms with van der Waals surface area (Å²) in [6, 6.07) is 9.34. The highest BCUT2D eigenvalue weighted by Gasteiger charge is 2.27. The standard InChI is InChI=1S/C21H18N2O6S/c1-27-20(25)16-14(18(21(26)28-2)30-19(16)22)11-29-15(24)9-8-13-6-3-5-12-7-4-10-23-17(12)13/h3-10H,11,22H2,1-2H3/b9-8+. The molecule has 0 atom stereocenters. The molecule has 9 heteroatoms. The van der Waals surface area contributed by atoms with E-state index < -0.39 is 17.9 Å². The SMILES string of the molecule is COC(=O)c1sc(N)c(C(=O)OC)c1COC(=O)/C=C/c1cccc2cccnc12. The zero-order valence-corrected chi connectivity index (χ0v) is 17.0. The first-order valence-electron chi connectivity index (χ1n) is 8.72. The first kappa shape index (κ1) is 21.0. The lowest BCUT2D eigenvalue weighted by Gasteiger charge is -2.06. The fraction of sp³-hybridized carbons (Fsp3) is 0.143. The number of ether oxygens (including phenoxy) is 3. The van der Waals surface area contributed by atoms with Gasteiger partial charge in [0.25, 0.3) is 0 Å². The molecular formula is C21H18N2O6S. The van der Waals surface area contributed by atoms with Gasteiger partial charge in [-0.3, -0.25) is 4.98 Å². The van der Waals surface area contributed by atoms with Gasteiger partial charge >= 0.3 is 17.9 Å². The lowest BCUT2D eigenvalue weighted by atomic mass is 10.1. The number of anilines is 1. The van der Waals surface area contributed by atoms with Gasteiger partial charge in [-0.05, 0) is 12.1 Å². The first-order chi connectivity index (χ1) is 14.5. The Hall–Kier alpha value is -3.72. The molecule has 0 fully saturated rings. The molecule has 0 bridgehead atoms. The molecule has 0 aliphatic carbocycles. The third kappa shape index (κ3) is 4.31. The number of nitrogen functional groups attached to an aromatic ring is 1. The Kier molecular flexibility index (Phi) is 6.43. The van der Waals surface area contributed by atoms with Crippen molar-refractivity contribution in [3.63, 3.8) is 0 Å². The third-order valence-electron chi connectivity index (χ3n) is 4.22. The summed E-state index contributed by atoms with van der Waals surface area (Å²) in [7, 11) is 2.39. The highest BCUT2D eigenvalue weighted by atomic mass is 32.1. The lowest BCUT2D eigenvalue weighted by molar-refractivity contribution is -0.138. The molecule has 3 aromatic rings. The summed E-state index contributed by atoms with van der Waals surface area (Å²) in [6.07, 6.45) is 4.50. The van der Waals surface area contributed by atoms with Crippen molar-refractivity contribution in [3.05, 3.63) is 64.2 Å². The number of methoxy groups -OCH3 is 2. The second-order valence-corrected chi connectivity index (χ2v) is 7.05. The van der Waals surface area contributed by atoms with E-state index in [1.165, 1.54) is 20.3 Å². The monoisotopic (exact) mass is 426 g/mol. The van der Waals surface area contributed by atoms with E-state index in [0.29, 0.717) is 0 Å². The number of benzene rings is 1. The quantitative estimate of drug-likeness (QED) is 0.363. The molecule has 0 amide bonds. The number of carbonyl (C=O) groups excluding carboxylic acids is 3. The van der Waals surface area contributed by atoms with Crippen LogP contribution in [-0.2, 0) is 25.6 Å². The van der Waals surface area contributed by atoms with Crippen molar-refractivity contribution in [3.8, 4) is 0 Å². The van der Waals surface area contributed by atoms with Crippen LogP contribution in [0.4, 0.5) is 5.00 Å². The fourth-order valence-corrected chi connectivity index (χ4v) is 3.80. The van der Waals surface area contributed by atoms with Crippen molar-refractivity contribution in [1.82, 2.24) is 4.98 Å². The molecule has 1 aromatic carbocycles. The minimum absolute atomic E-state index is 0.0158. The van der Waals surface area contributed by atoms with Gasteiger partial charge in [-0.1, -0.05) is 24.3 Å². The second kappa shape index (κ2) is 9.19. The molecule has 0 unspecified atom stereocenters. The summed E-state index contributed by atoms with van der Waals surface area (Å²) < 4.78 is 14.7. The topological polar surface area (TPSA) is 118 Å². The number of nitrogens with two attached hydrogens (primary N) is 1. The highest BCUT2D eigenvalue weighted by Crippen LogP contribution is 2.33. The van der Waals surface area contributed by atoms with Crippen LogP contribution >= 0.6 is 11.3 Å². The Bertz CT molecular complexity index is 1150. The molecular weight excluding hydrogens is 408 g/mol. The van der Waals surface area contributed by atoms with E-state index >= 15 is 0 Å². The number of aromatic nitrogens is 1. The van der Waals surface area contributed by atoms with Gasteiger partial charge < -0.3 is 19.9 Å². The predicted molar refractivity (Wildman–Crippen MR) is 112 cm³/mol. The third-order valence-corrected chi connectivity index (χ3v) is 5.26. The van der Waals surface area contributed by atoms with Gasteiger partial charge in [0.05, 0.1) is 19.7 Å². The normalized spacial score (nSPS) is 10.9. The van der Waals surface area contributed by atoms with Crippen molar-refractivity contribution in [1.29, 1.82) is 0 Å². The zero-order valence-electron chi connectivity index (χ0n) is 16.2. The molecule has 30 heavy (non-hydrogen) atoms. The Morgan fingerprint density at radius 1 is 1.10 bits per heavy atom. The minimum Gasteiger partial charge on any atom is -0.465 e. The molecule has 0 radical (unpaired) electrons. The molecule has 8 nitrogen and oxygen atoms in total. The summed E-state index contributed by atoms with van der Waals surface area (Å²) in [5.74, 6) is -2.09. The van der Waals surface area contributed by atoms with Crippen molar-refractivity contribution < 1.29 is 28.6 Å². The average Bonchev–Trinajstić information content (AvgIpc) is 3.11. The van der Waals surface area contributed by atoms with Crippen LogP contribution in [-0.4, -0.2) is 37.1 Å². The van der Waals surface area contributed by atoms with E-state index in [9.17, 15) is 14.4 Å². The summed E-state index contributed by atoms with van der Waals surface area (Å²) in [5.41, 5.74) is 7.47. The van der Waals surface area contributed by atoms with Crippen LogP contribution in [0.2, 0.25) is 0 Å². The number of esters is 3. The molecule has 0 spiro atoms. The van der Waals surface area contributed by atoms with Gasteiger partial charge in [-0.15, -0.1) is 11.3 Å². The number of hydrogen-bond acceptors (Lipinski definition) is 9. The van der Waals surface area contributed by atoms with Crippen LogP contribution in [0.5, 0.6) is 0 Å². The van der Waals surface area contributed by atoms with Crippen LogP contribution in [0.3, 0.4) is 0 Å². The number of nitrogens with zero attached hydrogens (tertiary/aromatic N) is 1. The lowest BCUT2D eigenvalue weighted by Crippen LogP contribution is -2.11. The summed E-state index contributed by atoms with van der Waals surface area (Å²) in [5, 5.41) is 1.01. The second-order valence-electron chi connectivity index (χ2n) is 6.00. The van der Waals surface area contributed by atoms with E-state index in [1.807, 2.05) is 30.3 Å². The van der Waals surface area contributed by atoms with Crippen LogP contribution in [0.1, 0.15) is 31.2 Å². The maximum Gasteiger partial charge on any atom is 0.348 e. The molecule has 2 N–H and O–H groups in total. The van der Waals surface area contributed by atoms with Gasteiger partial charge in [0.15, 0.2) is 0 Å². The number of hydrogen-bond donors (Lipinski definition) is 1. The van der Waals surface area contributed by atoms with Crippen LogP contribution in [0, 0.1) is 0 Å². The van der Waals surface area contributed by atoms with Crippen molar-refractivity contribution in [2.75, 3.05) is 20.0 Å². The molecule has 3 rings (SSSR count). The molecule has 0 saturated heterocycles. The molecule has 0 saturated carbocycles. The number of thiophene rings is 1. The van der Waals surface area contributed by atoms with Gasteiger partial charge in [0, 0.05) is 28.8 Å². The summed E-state index contributed by atoms with van der Waals surface area (Å²) in [4.78, 5) is 40.7. The van der Waals surface area contributed by atoms with Crippen molar-refractivity contribution in [2.24, 2.45) is 0 Å². The van der Waals surface area contributed by atoms with E-state index in [0.717, 1.165) is 27.8 Å². The van der Waals surface area contributed by atoms with E-state index in [1.54, 1.807) is 12.3 Å². The number of para-hydroxylation sites is 1. The maximum absolute atomic E-state index is 12.2. The van der Waals surface area contributed by atoms with Crippen molar-refractivity contribution in [2.45, 2.75) is 6.61 Å². The number of carbonyl (C=O) groups is 3. The Morgan fingerprint density at radius 3 is 2.57 bits per heavy atom. The summed E-state index contributed by atoms with van der Waals surface area (Å²) in [6.45, 7) is -0.348. The van der Waals surface area contributed by atoms with Gasteiger partial charge in [-0.25, -0.2) is 14.4 Å². The van der Waals surface area contributed by atoms with Gasteiger partial charge in [-0.2, -0.15) is 0 Å².